The molecule has 2 atom stereocenters. The molecule has 0 aliphatic carbocycles. The van der Waals surface area contributed by atoms with Crippen molar-refractivity contribution in [2.24, 2.45) is 11.7 Å². The summed E-state index contributed by atoms with van der Waals surface area (Å²) >= 11 is 0. The van der Waals surface area contributed by atoms with Crippen LogP contribution in [0.3, 0.4) is 0 Å². The molecule has 2 aliphatic heterocycles. The van der Waals surface area contributed by atoms with Crippen LogP contribution in [-0.4, -0.2) is 66.5 Å². The summed E-state index contributed by atoms with van der Waals surface area (Å²) in [6, 6.07) is 0. The van der Waals surface area contributed by atoms with E-state index in [1.54, 1.807) is 0 Å². The second-order valence-electron chi connectivity index (χ2n) is 5.87. The first-order chi connectivity index (χ1) is 9.52. The minimum absolute atomic E-state index is 0. The fourth-order valence-corrected chi connectivity index (χ4v) is 2.78. The van der Waals surface area contributed by atoms with Crippen LogP contribution < -0.4 is 5.73 Å². The third kappa shape index (κ3) is 4.31. The van der Waals surface area contributed by atoms with Crippen LogP contribution in [0.4, 0.5) is 0 Å². The van der Waals surface area contributed by atoms with Crippen molar-refractivity contribution in [2.75, 3.05) is 32.7 Å². The van der Waals surface area contributed by atoms with E-state index in [-0.39, 0.29) is 42.3 Å². The van der Waals surface area contributed by atoms with Gasteiger partial charge in [0.1, 0.15) is 6.10 Å². The van der Waals surface area contributed by atoms with E-state index in [0.29, 0.717) is 32.7 Å². The number of carbonyl (C=O) groups is 2. The van der Waals surface area contributed by atoms with Gasteiger partial charge in [-0.05, 0) is 12.8 Å². The molecule has 7 heteroatoms. The van der Waals surface area contributed by atoms with Crippen molar-refractivity contribution < 1.29 is 14.3 Å². The maximum absolute atomic E-state index is 12.3. The Labute approximate surface area is 132 Å². The third-order valence-corrected chi connectivity index (χ3v) is 4.04. The first-order valence-corrected chi connectivity index (χ1v) is 7.46. The molecule has 0 radical (unpaired) electrons. The van der Waals surface area contributed by atoms with Gasteiger partial charge in [-0.1, -0.05) is 13.8 Å². The van der Waals surface area contributed by atoms with Crippen LogP contribution in [0, 0.1) is 5.92 Å². The van der Waals surface area contributed by atoms with Crippen LogP contribution >= 0.6 is 12.4 Å². The molecule has 0 saturated carbocycles. The summed E-state index contributed by atoms with van der Waals surface area (Å²) < 4.78 is 5.64. The number of nitrogens with two attached hydrogens (primary N) is 1. The molecule has 21 heavy (non-hydrogen) atoms. The van der Waals surface area contributed by atoms with Gasteiger partial charge in [0.25, 0.3) is 5.91 Å². The van der Waals surface area contributed by atoms with Crippen molar-refractivity contribution in [2.45, 2.75) is 38.9 Å². The average molecular weight is 320 g/mol. The second kappa shape index (κ2) is 7.96. The molecule has 2 saturated heterocycles. The number of carbonyl (C=O) groups excluding carboxylic acids is 2. The zero-order valence-corrected chi connectivity index (χ0v) is 13.6. The van der Waals surface area contributed by atoms with Crippen molar-refractivity contribution in [3.8, 4) is 0 Å². The lowest BCUT2D eigenvalue weighted by molar-refractivity contribution is -0.148. The molecule has 0 spiro atoms. The molecule has 2 fully saturated rings. The van der Waals surface area contributed by atoms with Crippen molar-refractivity contribution in [1.29, 1.82) is 0 Å². The average Bonchev–Trinajstić information content (AvgIpc) is 2.94. The number of ether oxygens (including phenoxy) is 1. The minimum Gasteiger partial charge on any atom is -0.364 e. The summed E-state index contributed by atoms with van der Waals surface area (Å²) in [6.07, 6.45) is 1.30. The van der Waals surface area contributed by atoms with Crippen molar-refractivity contribution >= 4 is 24.2 Å². The number of nitrogens with zero attached hydrogens (tertiary/aromatic N) is 2. The zero-order valence-electron chi connectivity index (χ0n) is 12.8. The molecular weight excluding hydrogens is 294 g/mol. The van der Waals surface area contributed by atoms with Crippen molar-refractivity contribution in [1.82, 2.24) is 9.80 Å². The molecule has 0 unspecified atom stereocenters. The number of halogens is 1. The van der Waals surface area contributed by atoms with E-state index < -0.39 is 0 Å². The quantitative estimate of drug-likeness (QED) is 0.808. The summed E-state index contributed by atoms with van der Waals surface area (Å²) in [5.74, 6) is 0.232. The van der Waals surface area contributed by atoms with Gasteiger partial charge in [0.2, 0.25) is 5.91 Å². The Bertz CT molecular complexity index is 370. The highest BCUT2D eigenvalue weighted by Gasteiger charge is 2.34. The maximum Gasteiger partial charge on any atom is 0.251 e. The monoisotopic (exact) mass is 319 g/mol. The summed E-state index contributed by atoms with van der Waals surface area (Å²) in [5.41, 5.74) is 5.56. The number of rotatable bonds is 3. The molecule has 2 amide bonds. The van der Waals surface area contributed by atoms with E-state index in [1.807, 2.05) is 23.6 Å². The van der Waals surface area contributed by atoms with Gasteiger partial charge in [-0.2, -0.15) is 0 Å². The zero-order chi connectivity index (χ0) is 14.7. The normalized spacial score (nSPS) is 25.9. The van der Waals surface area contributed by atoms with Crippen molar-refractivity contribution in [3.63, 3.8) is 0 Å². The van der Waals surface area contributed by atoms with Gasteiger partial charge in [0.05, 0.1) is 6.10 Å². The molecule has 0 bridgehead atoms. The summed E-state index contributed by atoms with van der Waals surface area (Å²) in [7, 11) is 0. The van der Waals surface area contributed by atoms with Gasteiger partial charge in [-0.3, -0.25) is 9.59 Å². The maximum atomic E-state index is 12.3. The van der Waals surface area contributed by atoms with Gasteiger partial charge in [0.15, 0.2) is 0 Å². The number of amides is 2. The van der Waals surface area contributed by atoms with Crippen molar-refractivity contribution in [3.05, 3.63) is 0 Å². The van der Waals surface area contributed by atoms with Crippen LogP contribution in [0.5, 0.6) is 0 Å². The number of piperazine rings is 1. The largest absolute Gasteiger partial charge is 0.364 e. The molecule has 0 aromatic carbocycles. The highest BCUT2D eigenvalue weighted by Crippen LogP contribution is 2.21. The van der Waals surface area contributed by atoms with Gasteiger partial charge >= 0.3 is 0 Å². The Balaban J connectivity index is 0.00000220. The SMILES string of the molecule is CC(C)C(=O)N1CCN(C(=O)[C@@H]2CC[C@H](CN)O2)CC1.Cl. The highest BCUT2D eigenvalue weighted by molar-refractivity contribution is 5.85. The van der Waals surface area contributed by atoms with Crippen LogP contribution in [0.1, 0.15) is 26.7 Å². The van der Waals surface area contributed by atoms with Crippen LogP contribution in [-0.2, 0) is 14.3 Å². The Morgan fingerprint density at radius 3 is 2.19 bits per heavy atom. The topological polar surface area (TPSA) is 75.9 Å². The van der Waals surface area contributed by atoms with Gasteiger partial charge < -0.3 is 20.3 Å². The van der Waals surface area contributed by atoms with E-state index in [1.165, 1.54) is 0 Å². The van der Waals surface area contributed by atoms with Crippen LogP contribution in [0.15, 0.2) is 0 Å². The molecule has 2 heterocycles. The molecule has 6 nitrogen and oxygen atoms in total. The van der Waals surface area contributed by atoms with Gasteiger partial charge in [-0.25, -0.2) is 0 Å². The molecule has 0 aromatic heterocycles. The Morgan fingerprint density at radius 1 is 1.14 bits per heavy atom. The van der Waals surface area contributed by atoms with E-state index in [4.69, 9.17) is 10.5 Å². The minimum atomic E-state index is -0.337. The lowest BCUT2D eigenvalue weighted by atomic mass is 10.1. The molecule has 2 rings (SSSR count). The Hall–Kier alpha value is -0.850. The van der Waals surface area contributed by atoms with E-state index >= 15 is 0 Å². The van der Waals surface area contributed by atoms with E-state index in [9.17, 15) is 9.59 Å². The Kier molecular flexibility index (Phi) is 6.90. The van der Waals surface area contributed by atoms with E-state index in [0.717, 1.165) is 12.8 Å². The highest BCUT2D eigenvalue weighted by atomic mass is 35.5. The lowest BCUT2D eigenvalue weighted by Crippen LogP contribution is -2.53. The lowest BCUT2D eigenvalue weighted by Gasteiger charge is -2.36. The van der Waals surface area contributed by atoms with Crippen LogP contribution in [0.2, 0.25) is 0 Å². The van der Waals surface area contributed by atoms with Gasteiger partial charge in [-0.15, -0.1) is 12.4 Å². The first-order valence-electron chi connectivity index (χ1n) is 7.46. The fraction of sp³-hybridized carbons (Fsp3) is 0.857. The van der Waals surface area contributed by atoms with E-state index in [2.05, 4.69) is 0 Å². The number of hydrogen-bond donors (Lipinski definition) is 1. The molecular formula is C14H26ClN3O3. The molecule has 2 aliphatic rings. The Morgan fingerprint density at radius 2 is 1.71 bits per heavy atom. The summed E-state index contributed by atoms with van der Waals surface area (Å²) in [4.78, 5) is 27.9. The van der Waals surface area contributed by atoms with Crippen LogP contribution in [0.25, 0.3) is 0 Å². The first kappa shape index (κ1) is 18.2. The second-order valence-corrected chi connectivity index (χ2v) is 5.87. The molecule has 122 valence electrons. The molecule has 0 aromatic rings. The summed E-state index contributed by atoms with van der Waals surface area (Å²) in [5, 5.41) is 0. The number of hydrogen-bond acceptors (Lipinski definition) is 4. The predicted octanol–water partition coefficient (Wildman–Crippen LogP) is 0.241. The predicted molar refractivity (Wildman–Crippen MR) is 82.2 cm³/mol. The smallest absolute Gasteiger partial charge is 0.251 e. The standard InChI is InChI=1S/C14H25N3O3.ClH/c1-10(2)13(18)16-5-7-17(8-6-16)14(19)12-4-3-11(9-15)20-12;/h10-12H,3-9,15H2,1-2H3;1H/t11-,12+;/m1./s1. The summed E-state index contributed by atoms with van der Waals surface area (Å²) in [6.45, 7) is 6.72. The fourth-order valence-electron chi connectivity index (χ4n) is 2.78. The third-order valence-electron chi connectivity index (χ3n) is 4.04. The van der Waals surface area contributed by atoms with Gasteiger partial charge in [0, 0.05) is 38.6 Å². The molecule has 2 N–H and O–H groups in total.